The van der Waals surface area contributed by atoms with E-state index >= 15 is 0 Å². The molecule has 1 aliphatic carbocycles. The molecule has 0 bridgehead atoms. The lowest BCUT2D eigenvalue weighted by atomic mass is 10.2. The van der Waals surface area contributed by atoms with E-state index in [2.05, 4.69) is 0 Å². The minimum atomic E-state index is -0.919. The van der Waals surface area contributed by atoms with Crippen LogP contribution in [0, 0.1) is 0 Å². The van der Waals surface area contributed by atoms with Gasteiger partial charge in [0.05, 0.1) is 5.57 Å². The highest BCUT2D eigenvalue weighted by atomic mass is 16.4. The zero-order valence-corrected chi connectivity index (χ0v) is 4.79. The minimum Gasteiger partial charge on any atom is -0.478 e. The molecule has 0 atom stereocenters. The second kappa shape index (κ2) is 1.93. The van der Waals surface area contributed by atoms with E-state index in [9.17, 15) is 4.79 Å². The molecule has 3 nitrogen and oxygen atoms in total. The van der Waals surface area contributed by atoms with E-state index in [1.54, 1.807) is 12.2 Å². The summed E-state index contributed by atoms with van der Waals surface area (Å²) in [6.07, 6.45) is 3.81. The van der Waals surface area contributed by atoms with E-state index in [1.165, 1.54) is 0 Å². The number of nitrogens with two attached hydrogens (primary N) is 1. The third-order valence-corrected chi connectivity index (χ3v) is 1.23. The average molecular weight is 125 g/mol. The molecule has 48 valence electrons. The number of rotatable bonds is 1. The van der Waals surface area contributed by atoms with Gasteiger partial charge in [0.25, 0.3) is 0 Å². The van der Waals surface area contributed by atoms with Crippen LogP contribution in [0.1, 0.15) is 6.42 Å². The van der Waals surface area contributed by atoms with Crippen LogP contribution in [0.2, 0.25) is 0 Å². The zero-order valence-electron chi connectivity index (χ0n) is 4.79. The Hall–Kier alpha value is -1.25. The number of carbonyl (C=O) groups is 1. The average Bonchev–Trinajstić information content (AvgIpc) is 2.13. The summed E-state index contributed by atoms with van der Waals surface area (Å²) in [4.78, 5) is 10.2. The summed E-state index contributed by atoms with van der Waals surface area (Å²) >= 11 is 0. The van der Waals surface area contributed by atoms with Gasteiger partial charge in [0.2, 0.25) is 0 Å². The van der Waals surface area contributed by atoms with Crippen molar-refractivity contribution in [2.75, 3.05) is 0 Å². The summed E-state index contributed by atoms with van der Waals surface area (Å²) in [7, 11) is 0. The van der Waals surface area contributed by atoms with E-state index in [0.29, 0.717) is 17.7 Å². The predicted molar refractivity (Wildman–Crippen MR) is 32.6 cm³/mol. The van der Waals surface area contributed by atoms with Gasteiger partial charge in [0.15, 0.2) is 0 Å². The van der Waals surface area contributed by atoms with Crippen molar-refractivity contribution in [3.05, 3.63) is 23.4 Å². The molecule has 1 aliphatic rings. The third kappa shape index (κ3) is 0.937. The van der Waals surface area contributed by atoms with Gasteiger partial charge in [-0.1, -0.05) is 6.08 Å². The Kier molecular flexibility index (Phi) is 1.26. The summed E-state index contributed by atoms with van der Waals surface area (Å²) < 4.78 is 0. The summed E-state index contributed by atoms with van der Waals surface area (Å²) in [6.45, 7) is 0. The van der Waals surface area contributed by atoms with Crippen LogP contribution in [0.15, 0.2) is 23.4 Å². The molecule has 0 aromatic carbocycles. The molecule has 0 spiro atoms. The molecule has 0 heterocycles. The van der Waals surface area contributed by atoms with Gasteiger partial charge in [-0.05, 0) is 12.5 Å². The van der Waals surface area contributed by atoms with E-state index < -0.39 is 5.97 Å². The summed E-state index contributed by atoms with van der Waals surface area (Å²) in [5.74, 6) is -0.919. The highest BCUT2D eigenvalue weighted by Gasteiger charge is 2.12. The van der Waals surface area contributed by atoms with Crippen LogP contribution in [0.25, 0.3) is 0 Å². The van der Waals surface area contributed by atoms with E-state index in [1.807, 2.05) is 0 Å². The van der Waals surface area contributed by atoms with Gasteiger partial charge in [0, 0.05) is 5.70 Å². The van der Waals surface area contributed by atoms with Gasteiger partial charge in [-0.3, -0.25) is 0 Å². The minimum absolute atomic E-state index is 0.301. The number of aliphatic carboxylic acids is 1. The van der Waals surface area contributed by atoms with Crippen molar-refractivity contribution in [3.8, 4) is 0 Å². The first-order valence-electron chi connectivity index (χ1n) is 2.60. The van der Waals surface area contributed by atoms with Crippen molar-refractivity contribution in [1.29, 1.82) is 0 Å². The van der Waals surface area contributed by atoms with Gasteiger partial charge < -0.3 is 10.8 Å². The molecule has 9 heavy (non-hydrogen) atoms. The fourth-order valence-electron chi connectivity index (χ4n) is 0.733. The topological polar surface area (TPSA) is 63.3 Å². The van der Waals surface area contributed by atoms with Gasteiger partial charge >= 0.3 is 5.97 Å². The molecule has 0 aliphatic heterocycles. The van der Waals surface area contributed by atoms with Crippen LogP contribution < -0.4 is 5.73 Å². The van der Waals surface area contributed by atoms with Crippen molar-refractivity contribution in [2.45, 2.75) is 6.42 Å². The lowest BCUT2D eigenvalue weighted by Gasteiger charge is -1.92. The molecule has 1 rings (SSSR count). The van der Waals surface area contributed by atoms with Gasteiger partial charge in [-0.2, -0.15) is 0 Å². The Labute approximate surface area is 52.5 Å². The maximum absolute atomic E-state index is 10.2. The number of hydrogen-bond acceptors (Lipinski definition) is 2. The zero-order chi connectivity index (χ0) is 6.85. The predicted octanol–water partition coefficient (Wildman–Crippen LogP) is 0.244. The van der Waals surface area contributed by atoms with E-state index in [-0.39, 0.29) is 0 Å². The van der Waals surface area contributed by atoms with Gasteiger partial charge in [-0.25, -0.2) is 4.79 Å². The summed E-state index contributed by atoms with van der Waals surface area (Å²) in [6, 6.07) is 0. The van der Waals surface area contributed by atoms with Crippen molar-refractivity contribution in [3.63, 3.8) is 0 Å². The molecular formula is C6H7NO2. The number of carboxylic acid groups (broad SMARTS) is 1. The van der Waals surface area contributed by atoms with Crippen LogP contribution in [-0.4, -0.2) is 11.1 Å². The first kappa shape index (κ1) is 5.88. The van der Waals surface area contributed by atoms with Crippen molar-refractivity contribution in [2.24, 2.45) is 5.73 Å². The fraction of sp³-hybridized carbons (Fsp3) is 0.167. The van der Waals surface area contributed by atoms with Crippen LogP contribution in [0.5, 0.6) is 0 Å². The Morgan fingerprint density at radius 3 is 2.67 bits per heavy atom. The smallest absolute Gasteiger partial charge is 0.333 e. The number of allylic oxidation sites excluding steroid dienone is 2. The van der Waals surface area contributed by atoms with E-state index in [0.717, 1.165) is 0 Å². The largest absolute Gasteiger partial charge is 0.478 e. The first-order valence-corrected chi connectivity index (χ1v) is 2.60. The van der Waals surface area contributed by atoms with Crippen LogP contribution in [0.3, 0.4) is 0 Å². The Balaban J connectivity index is 2.85. The second-order valence-corrected chi connectivity index (χ2v) is 1.85. The Bertz CT molecular complexity index is 203. The Morgan fingerprint density at radius 2 is 2.44 bits per heavy atom. The SMILES string of the molecule is NC1=C(C(=O)O)CC=C1. The van der Waals surface area contributed by atoms with Crippen molar-refractivity contribution in [1.82, 2.24) is 0 Å². The standard InChI is InChI=1S/C6H7NO2/c7-5-3-1-2-4(5)6(8)9/h1,3H,2,7H2,(H,8,9). The highest BCUT2D eigenvalue weighted by Crippen LogP contribution is 2.13. The third-order valence-electron chi connectivity index (χ3n) is 1.23. The molecule has 3 heteroatoms. The van der Waals surface area contributed by atoms with E-state index in [4.69, 9.17) is 10.8 Å². The van der Waals surface area contributed by atoms with Gasteiger partial charge in [0.1, 0.15) is 0 Å². The van der Waals surface area contributed by atoms with Gasteiger partial charge in [-0.15, -0.1) is 0 Å². The quantitative estimate of drug-likeness (QED) is 0.527. The monoisotopic (exact) mass is 125 g/mol. The molecule has 0 saturated carbocycles. The van der Waals surface area contributed by atoms with Crippen LogP contribution in [0.4, 0.5) is 0 Å². The maximum Gasteiger partial charge on any atom is 0.333 e. The summed E-state index contributed by atoms with van der Waals surface area (Å²) in [5, 5.41) is 8.41. The molecule has 3 N–H and O–H groups in total. The van der Waals surface area contributed by atoms with Crippen molar-refractivity contribution >= 4 is 5.97 Å². The molecule has 0 fully saturated rings. The first-order chi connectivity index (χ1) is 4.22. The molecule has 0 saturated heterocycles. The Morgan fingerprint density at radius 1 is 1.78 bits per heavy atom. The lowest BCUT2D eigenvalue weighted by molar-refractivity contribution is -0.132. The summed E-state index contributed by atoms with van der Waals surface area (Å²) in [5.41, 5.74) is 5.97. The molecule has 0 amide bonds. The molecule has 0 aromatic rings. The maximum atomic E-state index is 10.2. The highest BCUT2D eigenvalue weighted by molar-refractivity contribution is 5.89. The molecule has 0 radical (unpaired) electrons. The normalized spacial score (nSPS) is 16.9. The molecule has 0 unspecified atom stereocenters. The number of hydrogen-bond donors (Lipinski definition) is 2. The number of carboxylic acids is 1. The molecule has 0 aromatic heterocycles. The fourth-order valence-corrected chi connectivity index (χ4v) is 0.733. The van der Waals surface area contributed by atoms with Crippen LogP contribution >= 0.6 is 0 Å². The van der Waals surface area contributed by atoms with Crippen molar-refractivity contribution < 1.29 is 9.90 Å². The van der Waals surface area contributed by atoms with Crippen LogP contribution in [-0.2, 0) is 4.79 Å². The lowest BCUT2D eigenvalue weighted by Crippen LogP contribution is -2.04. The second-order valence-electron chi connectivity index (χ2n) is 1.85. The molecular weight excluding hydrogens is 118 g/mol.